The molecule has 0 aliphatic carbocycles. The highest BCUT2D eigenvalue weighted by molar-refractivity contribution is 5.52. The third kappa shape index (κ3) is 3.25. The van der Waals surface area contributed by atoms with Gasteiger partial charge in [-0.15, -0.1) is 0 Å². The van der Waals surface area contributed by atoms with E-state index in [0.29, 0.717) is 0 Å². The molecule has 0 saturated carbocycles. The SMILES string of the molecule is CN(C)c1ccc(C(c2ccc(F)cc2)c2ccccc2O)cc1. The third-order valence-electron chi connectivity index (χ3n) is 4.19. The fraction of sp³-hybridized carbons (Fsp3) is 0.143. The van der Waals surface area contributed by atoms with E-state index in [2.05, 4.69) is 12.1 Å². The molecule has 0 spiro atoms. The summed E-state index contributed by atoms with van der Waals surface area (Å²) in [6, 6.07) is 21.9. The van der Waals surface area contributed by atoms with Gasteiger partial charge in [0.25, 0.3) is 0 Å². The lowest BCUT2D eigenvalue weighted by Gasteiger charge is -2.21. The van der Waals surface area contributed by atoms with Crippen molar-refractivity contribution in [1.29, 1.82) is 0 Å². The van der Waals surface area contributed by atoms with Gasteiger partial charge in [0, 0.05) is 31.3 Å². The highest BCUT2D eigenvalue weighted by atomic mass is 19.1. The summed E-state index contributed by atoms with van der Waals surface area (Å²) in [6.07, 6.45) is 0. The molecule has 3 aromatic carbocycles. The molecule has 1 N–H and O–H groups in total. The van der Waals surface area contributed by atoms with Crippen LogP contribution in [0, 0.1) is 5.82 Å². The van der Waals surface area contributed by atoms with E-state index in [9.17, 15) is 9.50 Å². The third-order valence-corrected chi connectivity index (χ3v) is 4.19. The van der Waals surface area contributed by atoms with Crippen molar-refractivity contribution >= 4 is 5.69 Å². The summed E-state index contributed by atoms with van der Waals surface area (Å²) in [5.74, 6) is -0.177. The molecule has 3 rings (SSSR count). The maximum atomic E-state index is 13.3. The summed E-state index contributed by atoms with van der Waals surface area (Å²) < 4.78 is 13.3. The van der Waals surface area contributed by atoms with Gasteiger partial charge >= 0.3 is 0 Å². The average molecular weight is 321 g/mol. The zero-order valence-corrected chi connectivity index (χ0v) is 13.8. The maximum absolute atomic E-state index is 13.3. The molecule has 0 fully saturated rings. The van der Waals surface area contributed by atoms with Gasteiger partial charge in [0.15, 0.2) is 0 Å². The monoisotopic (exact) mass is 321 g/mol. The minimum absolute atomic E-state index is 0.150. The molecule has 0 aliphatic rings. The van der Waals surface area contributed by atoms with Gasteiger partial charge in [0.05, 0.1) is 0 Å². The lowest BCUT2D eigenvalue weighted by atomic mass is 9.84. The second kappa shape index (κ2) is 6.75. The van der Waals surface area contributed by atoms with E-state index in [1.165, 1.54) is 12.1 Å². The fourth-order valence-corrected chi connectivity index (χ4v) is 2.90. The molecule has 1 unspecified atom stereocenters. The molecular formula is C21H20FNO. The predicted molar refractivity (Wildman–Crippen MR) is 96.2 cm³/mol. The summed E-state index contributed by atoms with van der Waals surface area (Å²) in [7, 11) is 3.99. The Morgan fingerprint density at radius 2 is 1.33 bits per heavy atom. The van der Waals surface area contributed by atoms with Gasteiger partial charge in [-0.3, -0.25) is 0 Å². The van der Waals surface area contributed by atoms with E-state index >= 15 is 0 Å². The minimum Gasteiger partial charge on any atom is -0.508 e. The highest BCUT2D eigenvalue weighted by Gasteiger charge is 2.19. The van der Waals surface area contributed by atoms with Gasteiger partial charge in [-0.05, 0) is 41.5 Å². The largest absolute Gasteiger partial charge is 0.508 e. The van der Waals surface area contributed by atoms with Crippen LogP contribution < -0.4 is 4.90 Å². The number of anilines is 1. The lowest BCUT2D eigenvalue weighted by Crippen LogP contribution is -2.09. The zero-order chi connectivity index (χ0) is 17.1. The van der Waals surface area contributed by atoms with Crippen LogP contribution in [0.3, 0.4) is 0 Å². The molecule has 0 radical (unpaired) electrons. The number of aromatic hydroxyl groups is 1. The first-order chi connectivity index (χ1) is 11.6. The fourth-order valence-electron chi connectivity index (χ4n) is 2.90. The van der Waals surface area contributed by atoms with Gasteiger partial charge < -0.3 is 10.0 Å². The van der Waals surface area contributed by atoms with E-state index in [0.717, 1.165) is 22.4 Å². The molecule has 122 valence electrons. The molecule has 3 aromatic rings. The Morgan fingerprint density at radius 3 is 1.88 bits per heavy atom. The Morgan fingerprint density at radius 1 is 0.792 bits per heavy atom. The number of phenols is 1. The van der Waals surface area contributed by atoms with Crippen molar-refractivity contribution in [2.24, 2.45) is 0 Å². The average Bonchev–Trinajstić information content (AvgIpc) is 2.59. The predicted octanol–water partition coefficient (Wildman–Crippen LogP) is 4.78. The molecule has 2 nitrogen and oxygen atoms in total. The maximum Gasteiger partial charge on any atom is 0.123 e. The Bertz CT molecular complexity index is 810. The molecule has 1 atom stereocenters. The number of phenolic OH excluding ortho intramolecular Hbond substituents is 1. The standard InChI is InChI=1S/C21H20FNO/c1-23(2)18-13-9-16(10-14-18)21(15-7-11-17(22)12-8-15)19-5-3-4-6-20(19)24/h3-14,21,24H,1-2H3. The number of para-hydroxylation sites is 1. The Hall–Kier alpha value is -2.81. The summed E-state index contributed by atoms with van der Waals surface area (Å²) >= 11 is 0. The van der Waals surface area contributed by atoms with Crippen LogP contribution in [0.4, 0.5) is 10.1 Å². The summed E-state index contributed by atoms with van der Waals surface area (Å²) in [6.45, 7) is 0. The van der Waals surface area contributed by atoms with Gasteiger partial charge in [-0.2, -0.15) is 0 Å². The first-order valence-electron chi connectivity index (χ1n) is 7.87. The van der Waals surface area contributed by atoms with Crippen LogP contribution in [0.1, 0.15) is 22.6 Å². The number of benzene rings is 3. The number of rotatable bonds is 4. The number of halogens is 1. The van der Waals surface area contributed by atoms with Gasteiger partial charge in [-0.25, -0.2) is 4.39 Å². The number of hydrogen-bond acceptors (Lipinski definition) is 2. The second-order valence-corrected chi connectivity index (χ2v) is 6.03. The van der Waals surface area contributed by atoms with E-state index in [-0.39, 0.29) is 17.5 Å². The minimum atomic E-state index is -0.266. The second-order valence-electron chi connectivity index (χ2n) is 6.03. The van der Waals surface area contributed by atoms with Crippen LogP contribution in [0.5, 0.6) is 5.75 Å². The van der Waals surface area contributed by atoms with E-state index in [4.69, 9.17) is 0 Å². The van der Waals surface area contributed by atoms with Gasteiger partial charge in [0.2, 0.25) is 0 Å². The molecule has 0 bridgehead atoms. The highest BCUT2D eigenvalue weighted by Crippen LogP contribution is 2.37. The van der Waals surface area contributed by atoms with Crippen LogP contribution in [0.2, 0.25) is 0 Å². The van der Waals surface area contributed by atoms with Crippen LogP contribution in [-0.4, -0.2) is 19.2 Å². The lowest BCUT2D eigenvalue weighted by molar-refractivity contribution is 0.467. The first-order valence-corrected chi connectivity index (χ1v) is 7.87. The Balaban J connectivity index is 2.11. The quantitative estimate of drug-likeness (QED) is 0.699. The van der Waals surface area contributed by atoms with Crippen molar-refractivity contribution in [2.75, 3.05) is 19.0 Å². The number of nitrogens with zero attached hydrogens (tertiary/aromatic N) is 1. The molecule has 24 heavy (non-hydrogen) atoms. The Kier molecular flexibility index (Phi) is 4.52. The molecular weight excluding hydrogens is 301 g/mol. The van der Waals surface area contributed by atoms with E-state index in [1.54, 1.807) is 24.3 Å². The van der Waals surface area contributed by atoms with Crippen LogP contribution >= 0.6 is 0 Å². The van der Waals surface area contributed by atoms with E-state index < -0.39 is 0 Å². The zero-order valence-electron chi connectivity index (χ0n) is 13.8. The molecule has 0 heterocycles. The molecule has 0 aliphatic heterocycles. The summed E-state index contributed by atoms with van der Waals surface area (Å²) in [5.41, 5.74) is 3.90. The molecule has 0 saturated heterocycles. The topological polar surface area (TPSA) is 23.5 Å². The molecule has 3 heteroatoms. The Labute approximate surface area is 141 Å². The van der Waals surface area contributed by atoms with E-state index in [1.807, 2.05) is 43.3 Å². The smallest absolute Gasteiger partial charge is 0.123 e. The van der Waals surface area contributed by atoms with Crippen molar-refractivity contribution in [3.8, 4) is 5.75 Å². The van der Waals surface area contributed by atoms with Crippen LogP contribution in [0.25, 0.3) is 0 Å². The van der Waals surface area contributed by atoms with Crippen LogP contribution in [-0.2, 0) is 0 Å². The normalized spacial score (nSPS) is 12.0. The van der Waals surface area contributed by atoms with Crippen molar-refractivity contribution in [3.63, 3.8) is 0 Å². The van der Waals surface area contributed by atoms with Crippen molar-refractivity contribution in [2.45, 2.75) is 5.92 Å². The molecule has 0 aromatic heterocycles. The van der Waals surface area contributed by atoms with Crippen molar-refractivity contribution in [3.05, 3.63) is 95.3 Å². The van der Waals surface area contributed by atoms with Crippen molar-refractivity contribution < 1.29 is 9.50 Å². The van der Waals surface area contributed by atoms with Gasteiger partial charge in [-0.1, -0.05) is 42.5 Å². The number of hydrogen-bond donors (Lipinski definition) is 1. The first kappa shape index (κ1) is 16.1. The van der Waals surface area contributed by atoms with Crippen LogP contribution in [0.15, 0.2) is 72.8 Å². The molecule has 0 amide bonds. The summed E-state index contributed by atoms with van der Waals surface area (Å²) in [4.78, 5) is 2.04. The van der Waals surface area contributed by atoms with Crippen molar-refractivity contribution in [1.82, 2.24) is 0 Å². The summed E-state index contributed by atoms with van der Waals surface area (Å²) in [5, 5.41) is 10.3. The van der Waals surface area contributed by atoms with Gasteiger partial charge in [0.1, 0.15) is 11.6 Å².